The van der Waals surface area contributed by atoms with E-state index in [9.17, 15) is 14.4 Å². The van der Waals surface area contributed by atoms with Gasteiger partial charge in [0.05, 0.1) is 12.5 Å². The maximum atomic E-state index is 12.9. The highest BCUT2D eigenvalue weighted by Crippen LogP contribution is 2.23. The number of piperidine rings is 2. The van der Waals surface area contributed by atoms with Gasteiger partial charge in [-0.05, 0) is 25.7 Å². The number of likely N-dealkylation sites (tertiary alicyclic amines) is 2. The van der Waals surface area contributed by atoms with E-state index >= 15 is 0 Å². The molecule has 0 aliphatic carbocycles. The third kappa shape index (κ3) is 3.71. The number of nitrogens with one attached hydrogen (secondary N) is 1. The lowest BCUT2D eigenvalue weighted by Crippen LogP contribution is -2.58. The van der Waals surface area contributed by atoms with E-state index in [-0.39, 0.29) is 29.7 Å². The monoisotopic (exact) mass is 336 g/mol. The zero-order valence-electron chi connectivity index (χ0n) is 14.5. The summed E-state index contributed by atoms with van der Waals surface area (Å²) in [4.78, 5) is 42.3. The van der Waals surface area contributed by atoms with Crippen LogP contribution in [0, 0.1) is 5.92 Å². The van der Waals surface area contributed by atoms with E-state index in [1.165, 1.54) is 0 Å². The van der Waals surface area contributed by atoms with E-state index in [2.05, 4.69) is 5.32 Å². The van der Waals surface area contributed by atoms with Crippen molar-refractivity contribution in [1.29, 1.82) is 0 Å². The smallest absolute Gasteiger partial charge is 0.236 e. The van der Waals surface area contributed by atoms with Crippen LogP contribution in [0.5, 0.6) is 0 Å². The van der Waals surface area contributed by atoms with Gasteiger partial charge < -0.3 is 20.0 Å². The minimum absolute atomic E-state index is 0.0513. The molecular weight excluding hydrogens is 308 g/mol. The fourth-order valence-corrected chi connectivity index (χ4v) is 4.14. The van der Waals surface area contributed by atoms with Crippen molar-refractivity contribution in [2.75, 3.05) is 45.8 Å². The van der Waals surface area contributed by atoms with Crippen LogP contribution < -0.4 is 5.32 Å². The summed E-state index contributed by atoms with van der Waals surface area (Å²) in [6.07, 6.45) is 3.66. The van der Waals surface area contributed by atoms with Gasteiger partial charge in [-0.15, -0.1) is 0 Å². The number of hydrogen-bond donors (Lipinski definition) is 1. The van der Waals surface area contributed by atoms with E-state index < -0.39 is 0 Å². The van der Waals surface area contributed by atoms with E-state index in [1.54, 1.807) is 11.8 Å². The molecule has 7 heteroatoms. The fraction of sp³-hybridized carbons (Fsp3) is 0.824. The van der Waals surface area contributed by atoms with Gasteiger partial charge in [0.25, 0.3) is 0 Å². The van der Waals surface area contributed by atoms with Crippen LogP contribution in [0.4, 0.5) is 0 Å². The number of hydrogen-bond acceptors (Lipinski definition) is 4. The second-order valence-corrected chi connectivity index (χ2v) is 7.15. The third-order valence-corrected chi connectivity index (χ3v) is 5.49. The molecule has 3 aliphatic heterocycles. The molecule has 3 rings (SSSR count). The molecule has 134 valence electrons. The summed E-state index contributed by atoms with van der Waals surface area (Å²) in [5, 5.41) is 3.10. The number of piperazine rings is 1. The van der Waals surface area contributed by atoms with Crippen LogP contribution in [0.15, 0.2) is 0 Å². The zero-order chi connectivity index (χ0) is 17.1. The van der Waals surface area contributed by atoms with Crippen molar-refractivity contribution < 1.29 is 14.4 Å². The number of amides is 3. The standard InChI is InChI=1S/C17H28N4O3/c1-13(22)19-7-2-4-14(11-19)17(24)20-8-3-5-15(12-20)21-9-6-18-10-16(21)23/h14-15,18H,2-12H2,1H3. The molecule has 0 aromatic heterocycles. The highest BCUT2D eigenvalue weighted by atomic mass is 16.2. The van der Waals surface area contributed by atoms with Crippen molar-refractivity contribution in [2.45, 2.75) is 38.6 Å². The van der Waals surface area contributed by atoms with E-state index in [0.29, 0.717) is 19.6 Å². The molecule has 2 atom stereocenters. The Morgan fingerprint density at radius 3 is 2.54 bits per heavy atom. The van der Waals surface area contributed by atoms with Crippen LogP contribution in [0.25, 0.3) is 0 Å². The third-order valence-electron chi connectivity index (χ3n) is 5.49. The van der Waals surface area contributed by atoms with Crippen LogP contribution in [0.2, 0.25) is 0 Å². The summed E-state index contributed by atoms with van der Waals surface area (Å²) in [5.74, 6) is 0.268. The Labute approximate surface area is 143 Å². The molecule has 3 saturated heterocycles. The number of carbonyl (C=O) groups is 3. The second-order valence-electron chi connectivity index (χ2n) is 7.15. The quantitative estimate of drug-likeness (QED) is 0.749. The topological polar surface area (TPSA) is 73.0 Å². The Balaban J connectivity index is 1.60. The van der Waals surface area contributed by atoms with Gasteiger partial charge >= 0.3 is 0 Å². The Kier molecular flexibility index (Phi) is 5.38. The lowest BCUT2D eigenvalue weighted by atomic mass is 9.94. The maximum Gasteiger partial charge on any atom is 0.236 e. The predicted octanol–water partition coefficient (Wildman–Crippen LogP) is -0.332. The Hall–Kier alpha value is -1.63. The van der Waals surface area contributed by atoms with Crippen LogP contribution in [-0.4, -0.2) is 84.3 Å². The van der Waals surface area contributed by atoms with Crippen LogP contribution in [0.3, 0.4) is 0 Å². The van der Waals surface area contributed by atoms with Gasteiger partial charge in [0.1, 0.15) is 0 Å². The van der Waals surface area contributed by atoms with Gasteiger partial charge in [-0.3, -0.25) is 14.4 Å². The van der Waals surface area contributed by atoms with Crippen molar-refractivity contribution in [2.24, 2.45) is 5.92 Å². The SMILES string of the molecule is CC(=O)N1CCCC(C(=O)N2CCCC(N3CCNCC3=O)C2)C1. The molecule has 0 saturated carbocycles. The molecule has 0 radical (unpaired) electrons. The van der Waals surface area contributed by atoms with Crippen LogP contribution in [-0.2, 0) is 14.4 Å². The summed E-state index contributed by atoms with van der Waals surface area (Å²) in [5.41, 5.74) is 0. The first-order valence-corrected chi connectivity index (χ1v) is 9.10. The summed E-state index contributed by atoms with van der Waals surface area (Å²) in [6.45, 7) is 6.24. The molecular formula is C17H28N4O3. The Morgan fingerprint density at radius 2 is 1.79 bits per heavy atom. The lowest BCUT2D eigenvalue weighted by molar-refractivity contribution is -0.145. The molecule has 0 aromatic rings. The first-order chi connectivity index (χ1) is 11.6. The summed E-state index contributed by atoms with van der Waals surface area (Å²) in [7, 11) is 0. The highest BCUT2D eigenvalue weighted by Gasteiger charge is 2.35. The summed E-state index contributed by atoms with van der Waals surface area (Å²) >= 11 is 0. The minimum atomic E-state index is -0.0832. The average Bonchev–Trinajstić information content (AvgIpc) is 2.61. The number of nitrogens with zero attached hydrogens (tertiary/aromatic N) is 3. The molecule has 1 N–H and O–H groups in total. The summed E-state index contributed by atoms with van der Waals surface area (Å²) in [6, 6.07) is 0.143. The molecule has 7 nitrogen and oxygen atoms in total. The van der Waals surface area contributed by atoms with Gasteiger partial charge in [0.2, 0.25) is 17.7 Å². The first kappa shape index (κ1) is 17.2. The average molecular weight is 336 g/mol. The van der Waals surface area contributed by atoms with Gasteiger partial charge in [-0.2, -0.15) is 0 Å². The molecule has 0 bridgehead atoms. The molecule has 3 aliphatic rings. The Bertz CT molecular complexity index is 510. The van der Waals surface area contributed by atoms with Gasteiger partial charge in [0, 0.05) is 52.2 Å². The molecule has 0 spiro atoms. The molecule has 24 heavy (non-hydrogen) atoms. The maximum absolute atomic E-state index is 12.9. The van der Waals surface area contributed by atoms with Crippen LogP contribution >= 0.6 is 0 Å². The van der Waals surface area contributed by atoms with E-state index in [0.717, 1.165) is 51.9 Å². The van der Waals surface area contributed by atoms with Gasteiger partial charge in [-0.1, -0.05) is 0 Å². The number of carbonyl (C=O) groups excluding carboxylic acids is 3. The normalized spacial score (nSPS) is 28.9. The molecule has 3 fully saturated rings. The molecule has 2 unspecified atom stereocenters. The predicted molar refractivity (Wildman–Crippen MR) is 89.2 cm³/mol. The van der Waals surface area contributed by atoms with Gasteiger partial charge in [0.15, 0.2) is 0 Å². The zero-order valence-corrected chi connectivity index (χ0v) is 14.5. The van der Waals surface area contributed by atoms with Gasteiger partial charge in [-0.25, -0.2) is 0 Å². The van der Waals surface area contributed by atoms with Crippen LogP contribution in [0.1, 0.15) is 32.6 Å². The van der Waals surface area contributed by atoms with Crippen molar-refractivity contribution in [1.82, 2.24) is 20.0 Å². The first-order valence-electron chi connectivity index (χ1n) is 9.10. The van der Waals surface area contributed by atoms with Crippen molar-refractivity contribution in [3.63, 3.8) is 0 Å². The Morgan fingerprint density at radius 1 is 1.04 bits per heavy atom. The second kappa shape index (κ2) is 7.51. The highest BCUT2D eigenvalue weighted by molar-refractivity contribution is 5.82. The number of rotatable bonds is 2. The largest absolute Gasteiger partial charge is 0.342 e. The van der Waals surface area contributed by atoms with E-state index in [1.807, 2.05) is 9.80 Å². The fourth-order valence-electron chi connectivity index (χ4n) is 4.14. The molecule has 3 amide bonds. The van der Waals surface area contributed by atoms with Crippen molar-refractivity contribution in [3.05, 3.63) is 0 Å². The lowest BCUT2D eigenvalue weighted by Gasteiger charge is -2.42. The molecule has 0 aromatic carbocycles. The molecule has 3 heterocycles. The van der Waals surface area contributed by atoms with Crippen molar-refractivity contribution >= 4 is 17.7 Å². The van der Waals surface area contributed by atoms with E-state index in [4.69, 9.17) is 0 Å². The summed E-state index contributed by atoms with van der Waals surface area (Å²) < 4.78 is 0. The minimum Gasteiger partial charge on any atom is -0.342 e. The van der Waals surface area contributed by atoms with Crippen molar-refractivity contribution in [3.8, 4) is 0 Å².